The van der Waals surface area contributed by atoms with E-state index in [0.29, 0.717) is 11.3 Å². The Morgan fingerprint density at radius 2 is 1.91 bits per heavy atom. The Morgan fingerprint density at radius 3 is 2.59 bits per heavy atom. The second-order valence-electron chi connectivity index (χ2n) is 5.70. The van der Waals surface area contributed by atoms with Crippen molar-refractivity contribution in [2.75, 3.05) is 7.11 Å². The fourth-order valence-corrected chi connectivity index (χ4v) is 3.07. The molecule has 0 saturated carbocycles. The summed E-state index contributed by atoms with van der Waals surface area (Å²) >= 11 is 0. The third-order valence-electron chi connectivity index (χ3n) is 4.34. The maximum atomic E-state index is 14.4. The van der Waals surface area contributed by atoms with Crippen LogP contribution in [-0.2, 0) is 6.42 Å². The Bertz CT molecular complexity index is 716. The van der Waals surface area contributed by atoms with Gasteiger partial charge in [-0.2, -0.15) is 0 Å². The monoisotopic (exact) mass is 296 g/mol. The van der Waals surface area contributed by atoms with E-state index in [1.807, 2.05) is 6.07 Å². The predicted octanol–water partition coefficient (Wildman–Crippen LogP) is 5.63. The van der Waals surface area contributed by atoms with Crippen molar-refractivity contribution < 1.29 is 9.13 Å². The van der Waals surface area contributed by atoms with E-state index in [0.717, 1.165) is 24.8 Å². The number of hydrogen-bond donors (Lipinski definition) is 0. The summed E-state index contributed by atoms with van der Waals surface area (Å²) in [7, 11) is 1.61. The van der Waals surface area contributed by atoms with Gasteiger partial charge in [-0.05, 0) is 66.1 Å². The molecule has 0 atom stereocenters. The van der Waals surface area contributed by atoms with Gasteiger partial charge in [0.05, 0.1) is 7.11 Å². The van der Waals surface area contributed by atoms with Crippen molar-refractivity contribution in [3.8, 4) is 16.9 Å². The number of ether oxygens (including phenoxy) is 1. The highest BCUT2D eigenvalue weighted by Gasteiger charge is 2.16. The first kappa shape index (κ1) is 14.8. The molecule has 0 heterocycles. The molecule has 0 aromatic heterocycles. The summed E-state index contributed by atoms with van der Waals surface area (Å²) in [5.74, 6) is 0.479. The summed E-state index contributed by atoms with van der Waals surface area (Å²) in [5.41, 5.74) is 5.37. The molecule has 22 heavy (non-hydrogen) atoms. The van der Waals surface area contributed by atoms with Crippen molar-refractivity contribution in [1.29, 1.82) is 0 Å². The van der Waals surface area contributed by atoms with Crippen LogP contribution < -0.4 is 4.74 Å². The molecule has 0 radical (unpaired) electrons. The first-order valence-corrected chi connectivity index (χ1v) is 7.89. The van der Waals surface area contributed by atoms with E-state index < -0.39 is 0 Å². The lowest BCUT2D eigenvalue weighted by molar-refractivity contribution is 0.414. The molecule has 0 N–H and O–H groups in total. The minimum atomic E-state index is -0.204. The van der Waals surface area contributed by atoms with Gasteiger partial charge in [0.1, 0.15) is 11.6 Å². The second kappa shape index (κ2) is 6.35. The molecule has 2 aromatic carbocycles. The number of aryl methyl sites for hydroxylation is 1. The summed E-state index contributed by atoms with van der Waals surface area (Å²) in [6.07, 6.45) is 6.65. The SMILES string of the molecule is CCc1ccc(-c2cc(OC)ccc2F)c(C2=CCCC2)c1. The molecule has 1 nitrogen and oxygen atoms in total. The first-order valence-electron chi connectivity index (χ1n) is 7.89. The highest BCUT2D eigenvalue weighted by atomic mass is 19.1. The van der Waals surface area contributed by atoms with E-state index >= 15 is 0 Å². The van der Waals surface area contributed by atoms with E-state index in [1.165, 1.54) is 29.2 Å². The van der Waals surface area contributed by atoms with Gasteiger partial charge in [0.2, 0.25) is 0 Å². The minimum absolute atomic E-state index is 0.204. The van der Waals surface area contributed by atoms with Gasteiger partial charge in [-0.1, -0.05) is 31.2 Å². The quantitative estimate of drug-likeness (QED) is 0.710. The molecular formula is C20H21FO. The fourth-order valence-electron chi connectivity index (χ4n) is 3.07. The lowest BCUT2D eigenvalue weighted by Crippen LogP contribution is -1.94. The molecule has 0 fully saturated rings. The molecular weight excluding hydrogens is 275 g/mol. The van der Waals surface area contributed by atoms with Crippen molar-refractivity contribution >= 4 is 5.57 Å². The van der Waals surface area contributed by atoms with Crippen molar-refractivity contribution in [1.82, 2.24) is 0 Å². The minimum Gasteiger partial charge on any atom is -0.497 e. The second-order valence-corrected chi connectivity index (χ2v) is 5.70. The zero-order valence-electron chi connectivity index (χ0n) is 13.2. The van der Waals surface area contributed by atoms with Crippen LogP contribution in [0.25, 0.3) is 16.7 Å². The average Bonchev–Trinajstić information content (AvgIpc) is 3.09. The number of halogens is 1. The Morgan fingerprint density at radius 1 is 1.05 bits per heavy atom. The predicted molar refractivity (Wildman–Crippen MR) is 89.6 cm³/mol. The van der Waals surface area contributed by atoms with Crippen LogP contribution in [0.1, 0.15) is 37.3 Å². The number of rotatable bonds is 4. The highest BCUT2D eigenvalue weighted by Crippen LogP contribution is 2.37. The van der Waals surface area contributed by atoms with E-state index in [2.05, 4.69) is 25.1 Å². The summed E-state index contributed by atoms with van der Waals surface area (Å²) in [6, 6.07) is 11.3. The molecule has 2 heteroatoms. The first-order chi connectivity index (χ1) is 10.7. The Hall–Kier alpha value is -2.09. The maximum absolute atomic E-state index is 14.4. The topological polar surface area (TPSA) is 9.23 Å². The smallest absolute Gasteiger partial charge is 0.131 e. The van der Waals surface area contributed by atoms with Crippen LogP contribution in [0.4, 0.5) is 4.39 Å². The molecule has 0 spiro atoms. The van der Waals surface area contributed by atoms with Crippen LogP contribution >= 0.6 is 0 Å². The van der Waals surface area contributed by atoms with E-state index in [1.54, 1.807) is 19.2 Å². The third-order valence-corrected chi connectivity index (χ3v) is 4.34. The Kier molecular flexibility index (Phi) is 4.28. The molecule has 114 valence electrons. The van der Waals surface area contributed by atoms with Crippen molar-refractivity contribution in [3.63, 3.8) is 0 Å². The molecule has 1 aliphatic rings. The van der Waals surface area contributed by atoms with Gasteiger partial charge in [-0.3, -0.25) is 0 Å². The van der Waals surface area contributed by atoms with Gasteiger partial charge in [0, 0.05) is 5.56 Å². The van der Waals surface area contributed by atoms with Gasteiger partial charge in [0.15, 0.2) is 0 Å². The Balaban J connectivity index is 2.17. The van der Waals surface area contributed by atoms with Crippen LogP contribution in [0, 0.1) is 5.82 Å². The van der Waals surface area contributed by atoms with E-state index in [-0.39, 0.29) is 5.82 Å². The number of hydrogen-bond acceptors (Lipinski definition) is 1. The third kappa shape index (κ3) is 2.78. The lowest BCUT2D eigenvalue weighted by atomic mass is 9.91. The summed E-state index contributed by atoms with van der Waals surface area (Å²) in [4.78, 5) is 0. The van der Waals surface area contributed by atoms with Gasteiger partial charge >= 0.3 is 0 Å². The normalized spacial score (nSPS) is 14.0. The molecule has 0 aliphatic heterocycles. The van der Waals surface area contributed by atoms with Crippen LogP contribution in [0.2, 0.25) is 0 Å². The van der Waals surface area contributed by atoms with E-state index in [4.69, 9.17) is 4.74 Å². The zero-order chi connectivity index (χ0) is 15.5. The van der Waals surface area contributed by atoms with Crippen LogP contribution in [0.3, 0.4) is 0 Å². The largest absolute Gasteiger partial charge is 0.497 e. The van der Waals surface area contributed by atoms with Gasteiger partial charge in [-0.25, -0.2) is 4.39 Å². The molecule has 0 amide bonds. The van der Waals surface area contributed by atoms with Gasteiger partial charge in [0.25, 0.3) is 0 Å². The highest BCUT2D eigenvalue weighted by molar-refractivity contribution is 5.83. The van der Waals surface area contributed by atoms with Gasteiger partial charge in [-0.15, -0.1) is 0 Å². The average molecular weight is 296 g/mol. The summed E-state index contributed by atoms with van der Waals surface area (Å²) in [6.45, 7) is 2.15. The maximum Gasteiger partial charge on any atom is 0.131 e. The fraction of sp³-hybridized carbons (Fsp3) is 0.300. The van der Waals surface area contributed by atoms with Crippen molar-refractivity contribution in [2.45, 2.75) is 32.6 Å². The van der Waals surface area contributed by atoms with Gasteiger partial charge < -0.3 is 4.74 Å². The molecule has 3 rings (SSSR count). The lowest BCUT2D eigenvalue weighted by Gasteiger charge is -2.14. The molecule has 1 aliphatic carbocycles. The molecule has 0 unspecified atom stereocenters. The number of methoxy groups -OCH3 is 1. The standard InChI is InChI=1S/C20H21FO/c1-3-14-8-10-17(18(12-14)15-6-4-5-7-15)19-13-16(22-2)9-11-20(19)21/h6,8-13H,3-5,7H2,1-2H3. The van der Waals surface area contributed by atoms with E-state index in [9.17, 15) is 4.39 Å². The zero-order valence-corrected chi connectivity index (χ0v) is 13.2. The molecule has 2 aromatic rings. The van der Waals surface area contributed by atoms with Crippen molar-refractivity contribution in [2.24, 2.45) is 0 Å². The number of benzene rings is 2. The summed E-state index contributed by atoms with van der Waals surface area (Å²) < 4.78 is 19.6. The van der Waals surface area contributed by atoms with Crippen LogP contribution in [0.5, 0.6) is 5.75 Å². The van der Waals surface area contributed by atoms with Crippen LogP contribution in [-0.4, -0.2) is 7.11 Å². The molecule has 0 bridgehead atoms. The molecule has 0 saturated heterocycles. The Labute approximate surface area is 131 Å². The summed E-state index contributed by atoms with van der Waals surface area (Å²) in [5, 5.41) is 0. The number of allylic oxidation sites excluding steroid dienone is 2. The van der Waals surface area contributed by atoms with Crippen LogP contribution in [0.15, 0.2) is 42.5 Å². The van der Waals surface area contributed by atoms with Crippen molar-refractivity contribution in [3.05, 3.63) is 59.4 Å².